The number of ketones is 1. The molecule has 7 nitrogen and oxygen atoms in total. The predicted molar refractivity (Wildman–Crippen MR) is 110 cm³/mol. The average Bonchev–Trinajstić information content (AvgIpc) is 3.06. The number of amides is 1. The van der Waals surface area contributed by atoms with E-state index in [1.807, 2.05) is 0 Å². The van der Waals surface area contributed by atoms with Gasteiger partial charge in [-0.25, -0.2) is 0 Å². The molecule has 1 amide bonds. The molecule has 2 heterocycles. The zero-order chi connectivity index (χ0) is 23.6. The number of carbonyl (C=O) groups is 3. The minimum Gasteiger partial charge on any atom is -0.444 e. The van der Waals surface area contributed by atoms with E-state index < -0.39 is 29.7 Å². The first-order chi connectivity index (χ1) is 15.0. The number of ether oxygens (including phenoxy) is 1. The zero-order valence-corrected chi connectivity index (χ0v) is 18.0. The molecule has 1 saturated heterocycles. The fraction of sp³-hybridized carbons (Fsp3) is 0.409. The van der Waals surface area contributed by atoms with Crippen molar-refractivity contribution in [1.29, 1.82) is 0 Å². The maximum atomic E-state index is 13.0. The molecular formula is C22H24F3N3O4. The SMILES string of the molecule is Cc1cn(C(C)OC=O)c(C)c1C(=O)C(=O)N1CCN(c2cccc(C(F)(F)F)c2)CC1. The fourth-order valence-corrected chi connectivity index (χ4v) is 3.95. The number of aromatic nitrogens is 1. The smallest absolute Gasteiger partial charge is 0.416 e. The van der Waals surface area contributed by atoms with Gasteiger partial charge in [-0.2, -0.15) is 13.2 Å². The highest BCUT2D eigenvalue weighted by Gasteiger charge is 2.33. The van der Waals surface area contributed by atoms with E-state index in [2.05, 4.69) is 0 Å². The van der Waals surface area contributed by atoms with Crippen LogP contribution in [0.4, 0.5) is 18.9 Å². The van der Waals surface area contributed by atoms with Gasteiger partial charge in [-0.1, -0.05) is 6.07 Å². The molecule has 0 radical (unpaired) electrons. The standard InChI is InChI=1S/C22H24F3N3O4/c1-14-12-28(16(3)32-13-29)15(2)19(14)20(30)21(31)27-9-7-26(8-10-27)18-6-4-5-17(11-18)22(23,24)25/h4-6,11-13,16H,7-10H2,1-3H3. The van der Waals surface area contributed by atoms with E-state index in [1.165, 1.54) is 11.0 Å². The first-order valence-electron chi connectivity index (χ1n) is 10.1. The summed E-state index contributed by atoms with van der Waals surface area (Å²) < 4.78 is 45.5. The molecule has 1 fully saturated rings. The van der Waals surface area contributed by atoms with Crippen molar-refractivity contribution in [3.05, 3.63) is 52.8 Å². The van der Waals surface area contributed by atoms with E-state index in [1.54, 1.807) is 42.5 Å². The molecular weight excluding hydrogens is 427 g/mol. The third kappa shape index (κ3) is 4.63. The van der Waals surface area contributed by atoms with Gasteiger partial charge in [0.05, 0.1) is 11.1 Å². The highest BCUT2D eigenvalue weighted by molar-refractivity contribution is 6.43. The number of hydrogen-bond acceptors (Lipinski definition) is 5. The summed E-state index contributed by atoms with van der Waals surface area (Å²) in [5, 5.41) is 0. The Labute approximate surface area is 183 Å². The number of carbonyl (C=O) groups excluding carboxylic acids is 3. The second-order valence-corrected chi connectivity index (χ2v) is 7.67. The number of piperazine rings is 1. The van der Waals surface area contributed by atoms with Crippen LogP contribution in [0.2, 0.25) is 0 Å². The minimum absolute atomic E-state index is 0.213. The molecule has 172 valence electrons. The van der Waals surface area contributed by atoms with Crippen LogP contribution in [0, 0.1) is 13.8 Å². The Morgan fingerprint density at radius 3 is 2.38 bits per heavy atom. The van der Waals surface area contributed by atoms with E-state index in [-0.39, 0.29) is 18.7 Å². The van der Waals surface area contributed by atoms with Crippen LogP contribution < -0.4 is 4.90 Å². The molecule has 0 aliphatic carbocycles. The monoisotopic (exact) mass is 451 g/mol. The third-order valence-electron chi connectivity index (χ3n) is 5.65. The van der Waals surface area contributed by atoms with Crippen LogP contribution in [0.1, 0.15) is 40.3 Å². The van der Waals surface area contributed by atoms with Crippen LogP contribution in [0.3, 0.4) is 0 Å². The van der Waals surface area contributed by atoms with Crippen molar-refractivity contribution in [3.63, 3.8) is 0 Å². The maximum Gasteiger partial charge on any atom is 0.416 e. The van der Waals surface area contributed by atoms with Gasteiger partial charge >= 0.3 is 6.18 Å². The van der Waals surface area contributed by atoms with Gasteiger partial charge in [0.15, 0.2) is 6.23 Å². The summed E-state index contributed by atoms with van der Waals surface area (Å²) in [5.74, 6) is -1.33. The van der Waals surface area contributed by atoms with Gasteiger partial charge in [0.2, 0.25) is 0 Å². The summed E-state index contributed by atoms with van der Waals surface area (Å²) in [6.45, 7) is 6.37. The lowest BCUT2D eigenvalue weighted by atomic mass is 10.1. The number of hydrogen-bond donors (Lipinski definition) is 0. The van der Waals surface area contributed by atoms with Crippen LogP contribution in [0.25, 0.3) is 0 Å². The highest BCUT2D eigenvalue weighted by Crippen LogP contribution is 2.32. The van der Waals surface area contributed by atoms with E-state index in [9.17, 15) is 27.6 Å². The van der Waals surface area contributed by atoms with E-state index in [0.29, 0.717) is 36.5 Å². The lowest BCUT2D eigenvalue weighted by molar-refractivity contribution is -0.138. The van der Waals surface area contributed by atoms with Crippen molar-refractivity contribution < 1.29 is 32.3 Å². The molecule has 1 aromatic carbocycles. The molecule has 0 bridgehead atoms. The molecule has 3 rings (SSSR count). The third-order valence-corrected chi connectivity index (χ3v) is 5.65. The number of benzene rings is 1. The van der Waals surface area contributed by atoms with Gasteiger partial charge < -0.3 is 19.1 Å². The van der Waals surface area contributed by atoms with Gasteiger partial charge in [0, 0.05) is 43.8 Å². The Morgan fingerprint density at radius 1 is 1.12 bits per heavy atom. The Morgan fingerprint density at radius 2 is 1.78 bits per heavy atom. The van der Waals surface area contributed by atoms with E-state index >= 15 is 0 Å². The van der Waals surface area contributed by atoms with Gasteiger partial charge in [0.1, 0.15) is 0 Å². The summed E-state index contributed by atoms with van der Waals surface area (Å²) in [7, 11) is 0. The summed E-state index contributed by atoms with van der Waals surface area (Å²) in [5.41, 5.74) is 1.05. The molecule has 1 unspecified atom stereocenters. The molecule has 1 aromatic heterocycles. The Bertz CT molecular complexity index is 1020. The van der Waals surface area contributed by atoms with Gasteiger partial charge in [0.25, 0.3) is 18.2 Å². The Balaban J connectivity index is 1.70. The normalized spacial score (nSPS) is 15.4. The van der Waals surface area contributed by atoms with Crippen LogP contribution in [-0.2, 0) is 20.5 Å². The number of anilines is 1. The predicted octanol–water partition coefficient (Wildman–Crippen LogP) is 3.35. The van der Waals surface area contributed by atoms with Crippen molar-refractivity contribution >= 4 is 23.9 Å². The molecule has 1 atom stereocenters. The van der Waals surface area contributed by atoms with Crippen molar-refractivity contribution in [2.45, 2.75) is 33.2 Å². The van der Waals surface area contributed by atoms with E-state index in [4.69, 9.17) is 4.74 Å². The lowest BCUT2D eigenvalue weighted by Gasteiger charge is -2.36. The van der Waals surface area contributed by atoms with Crippen LogP contribution in [-0.4, -0.2) is 53.8 Å². The van der Waals surface area contributed by atoms with Crippen LogP contribution in [0.5, 0.6) is 0 Å². The quantitative estimate of drug-likeness (QED) is 0.383. The molecule has 0 N–H and O–H groups in total. The number of nitrogens with zero attached hydrogens (tertiary/aromatic N) is 3. The van der Waals surface area contributed by atoms with Crippen LogP contribution in [0.15, 0.2) is 30.5 Å². The molecule has 0 saturated carbocycles. The number of rotatable bonds is 6. The lowest BCUT2D eigenvalue weighted by Crippen LogP contribution is -2.50. The minimum atomic E-state index is -4.43. The van der Waals surface area contributed by atoms with Gasteiger partial charge in [-0.15, -0.1) is 0 Å². The Hall–Kier alpha value is -3.30. The molecule has 32 heavy (non-hydrogen) atoms. The maximum absolute atomic E-state index is 13.0. The molecule has 2 aromatic rings. The van der Waals surface area contributed by atoms with Gasteiger partial charge in [-0.05, 0) is 44.5 Å². The number of aryl methyl sites for hydroxylation is 1. The number of Topliss-reactive ketones (excluding diaryl/α,β-unsaturated/α-hetero) is 1. The first-order valence-corrected chi connectivity index (χ1v) is 10.1. The molecule has 1 aliphatic rings. The van der Waals surface area contributed by atoms with E-state index in [0.717, 1.165) is 12.1 Å². The van der Waals surface area contributed by atoms with Crippen molar-refractivity contribution in [1.82, 2.24) is 9.47 Å². The fourth-order valence-electron chi connectivity index (χ4n) is 3.95. The summed E-state index contributed by atoms with van der Waals surface area (Å²) in [6.07, 6.45) is -3.41. The van der Waals surface area contributed by atoms with Crippen LogP contribution >= 0.6 is 0 Å². The summed E-state index contributed by atoms with van der Waals surface area (Å²) in [4.78, 5) is 39.6. The largest absolute Gasteiger partial charge is 0.444 e. The topological polar surface area (TPSA) is 71.8 Å². The second kappa shape index (κ2) is 9.05. The highest BCUT2D eigenvalue weighted by atomic mass is 19.4. The summed E-state index contributed by atoms with van der Waals surface area (Å²) >= 11 is 0. The molecule has 10 heteroatoms. The van der Waals surface area contributed by atoms with Crippen molar-refractivity contribution in [2.24, 2.45) is 0 Å². The molecule has 0 spiro atoms. The number of alkyl halides is 3. The average molecular weight is 451 g/mol. The first kappa shape index (κ1) is 23.4. The summed E-state index contributed by atoms with van der Waals surface area (Å²) in [6, 6.07) is 5.04. The van der Waals surface area contributed by atoms with Gasteiger partial charge in [-0.3, -0.25) is 14.4 Å². The van der Waals surface area contributed by atoms with Crippen molar-refractivity contribution in [3.8, 4) is 0 Å². The number of halogens is 3. The van der Waals surface area contributed by atoms with Crippen molar-refractivity contribution in [2.75, 3.05) is 31.1 Å². The Kier molecular flexibility index (Phi) is 6.61. The zero-order valence-electron chi connectivity index (χ0n) is 18.0. The second-order valence-electron chi connectivity index (χ2n) is 7.67. The molecule has 1 aliphatic heterocycles.